The van der Waals surface area contributed by atoms with Gasteiger partial charge in [-0.05, 0) is 20.4 Å². The van der Waals surface area contributed by atoms with Crippen LogP contribution in [-0.2, 0) is 0 Å². The lowest BCUT2D eigenvalue weighted by molar-refractivity contribution is -0.0327. The Morgan fingerprint density at radius 2 is 2.10 bits per heavy atom. The van der Waals surface area contributed by atoms with Crippen LogP contribution in [0, 0.1) is 0 Å². The number of aliphatic hydroxyl groups excluding tert-OH is 1. The third-order valence-electron chi connectivity index (χ3n) is 1.94. The molecule has 1 saturated heterocycles. The molecule has 60 valence electrons. The van der Waals surface area contributed by atoms with E-state index in [0.717, 1.165) is 19.8 Å². The summed E-state index contributed by atoms with van der Waals surface area (Å²) < 4.78 is 0. The van der Waals surface area contributed by atoms with Gasteiger partial charge in [0.05, 0.1) is 6.67 Å². The van der Waals surface area contributed by atoms with Crippen molar-refractivity contribution in [2.24, 2.45) is 0 Å². The zero-order chi connectivity index (χ0) is 7.56. The van der Waals surface area contributed by atoms with Crippen molar-refractivity contribution in [3.63, 3.8) is 0 Å². The monoisotopic (exact) mass is 144 g/mol. The summed E-state index contributed by atoms with van der Waals surface area (Å²) in [5.41, 5.74) is 0. The minimum atomic E-state index is -0.289. The van der Waals surface area contributed by atoms with Gasteiger partial charge in [0.2, 0.25) is 0 Å². The van der Waals surface area contributed by atoms with Gasteiger partial charge in [-0.1, -0.05) is 0 Å². The van der Waals surface area contributed by atoms with E-state index in [4.69, 9.17) is 0 Å². The molecule has 1 rings (SSSR count). The van der Waals surface area contributed by atoms with Gasteiger partial charge in [-0.2, -0.15) is 0 Å². The zero-order valence-electron chi connectivity index (χ0n) is 6.75. The topological polar surface area (TPSA) is 26.7 Å². The second kappa shape index (κ2) is 3.32. The van der Waals surface area contributed by atoms with Gasteiger partial charge in [-0.15, -0.1) is 0 Å². The van der Waals surface area contributed by atoms with E-state index < -0.39 is 0 Å². The molecule has 3 nitrogen and oxygen atoms in total. The normalized spacial score (nSPS) is 26.7. The standard InChI is InChI=1S/C7H16N2O/c1-7(10)9-5-3-4-8(2)6-9/h7,10H,3-6H2,1-2H3. The first-order valence-corrected chi connectivity index (χ1v) is 3.81. The van der Waals surface area contributed by atoms with E-state index in [9.17, 15) is 5.11 Å². The fourth-order valence-corrected chi connectivity index (χ4v) is 1.30. The van der Waals surface area contributed by atoms with E-state index >= 15 is 0 Å². The number of hydrogen-bond acceptors (Lipinski definition) is 3. The number of hydrogen-bond donors (Lipinski definition) is 1. The lowest BCUT2D eigenvalue weighted by Crippen LogP contribution is -2.46. The first kappa shape index (κ1) is 7.98. The molecular formula is C7H16N2O. The molecule has 10 heavy (non-hydrogen) atoms. The van der Waals surface area contributed by atoms with E-state index in [-0.39, 0.29) is 6.23 Å². The van der Waals surface area contributed by atoms with Crippen LogP contribution in [-0.4, -0.2) is 47.9 Å². The molecule has 0 aliphatic carbocycles. The molecule has 1 N–H and O–H groups in total. The Labute approximate surface area is 62.2 Å². The Balaban J connectivity index is 2.32. The smallest absolute Gasteiger partial charge is 0.105 e. The minimum absolute atomic E-state index is 0.289. The predicted octanol–water partition coefficient (Wildman–Crippen LogP) is -0.0803. The van der Waals surface area contributed by atoms with Gasteiger partial charge in [0.15, 0.2) is 0 Å². The van der Waals surface area contributed by atoms with E-state index in [2.05, 4.69) is 16.8 Å². The number of rotatable bonds is 1. The molecule has 1 aliphatic rings. The highest BCUT2D eigenvalue weighted by Gasteiger charge is 2.16. The molecule has 0 aromatic carbocycles. The lowest BCUT2D eigenvalue weighted by atomic mass is 10.3. The van der Waals surface area contributed by atoms with Crippen molar-refractivity contribution in [2.75, 3.05) is 26.8 Å². The molecule has 0 spiro atoms. The molecule has 1 heterocycles. The van der Waals surface area contributed by atoms with Crippen LogP contribution >= 0.6 is 0 Å². The fourth-order valence-electron chi connectivity index (χ4n) is 1.30. The largest absolute Gasteiger partial charge is 0.379 e. The molecule has 1 aliphatic heterocycles. The Bertz CT molecular complexity index is 106. The van der Waals surface area contributed by atoms with E-state index in [1.165, 1.54) is 6.42 Å². The summed E-state index contributed by atoms with van der Waals surface area (Å²) in [7, 11) is 2.08. The second-order valence-electron chi connectivity index (χ2n) is 3.02. The Kier molecular flexibility index (Phi) is 2.65. The molecule has 3 heteroatoms. The molecule has 0 radical (unpaired) electrons. The third kappa shape index (κ3) is 1.94. The molecule has 1 fully saturated rings. The van der Waals surface area contributed by atoms with Crippen molar-refractivity contribution in [1.29, 1.82) is 0 Å². The van der Waals surface area contributed by atoms with Gasteiger partial charge in [-0.25, -0.2) is 0 Å². The van der Waals surface area contributed by atoms with Crippen molar-refractivity contribution in [1.82, 2.24) is 9.80 Å². The quantitative estimate of drug-likeness (QED) is 0.557. The van der Waals surface area contributed by atoms with Crippen LogP contribution in [0.15, 0.2) is 0 Å². The first-order valence-electron chi connectivity index (χ1n) is 3.81. The summed E-state index contributed by atoms with van der Waals surface area (Å²) in [4.78, 5) is 4.28. The van der Waals surface area contributed by atoms with Crippen molar-refractivity contribution in [2.45, 2.75) is 19.6 Å². The minimum Gasteiger partial charge on any atom is -0.379 e. The first-order chi connectivity index (χ1) is 4.70. The molecule has 0 saturated carbocycles. The maximum atomic E-state index is 9.19. The van der Waals surface area contributed by atoms with Crippen molar-refractivity contribution >= 4 is 0 Å². The van der Waals surface area contributed by atoms with E-state index in [1.54, 1.807) is 0 Å². The molecule has 0 aromatic heterocycles. The highest BCUT2D eigenvalue weighted by molar-refractivity contribution is 4.65. The SMILES string of the molecule is CC(O)N1CCCN(C)C1. The van der Waals surface area contributed by atoms with Crippen LogP contribution in [0.1, 0.15) is 13.3 Å². The molecule has 0 amide bonds. The van der Waals surface area contributed by atoms with E-state index in [0.29, 0.717) is 0 Å². The summed E-state index contributed by atoms with van der Waals surface area (Å²) >= 11 is 0. The summed E-state index contributed by atoms with van der Waals surface area (Å²) in [6.07, 6.45) is 0.879. The molecule has 0 bridgehead atoms. The van der Waals surface area contributed by atoms with Gasteiger partial charge in [0, 0.05) is 13.1 Å². The number of aliphatic hydroxyl groups is 1. The highest BCUT2D eigenvalue weighted by Crippen LogP contribution is 2.05. The molecule has 1 atom stereocenters. The Hall–Kier alpha value is -0.120. The van der Waals surface area contributed by atoms with Crippen LogP contribution in [0.2, 0.25) is 0 Å². The average molecular weight is 144 g/mol. The maximum absolute atomic E-state index is 9.19. The maximum Gasteiger partial charge on any atom is 0.105 e. The van der Waals surface area contributed by atoms with Gasteiger partial charge in [0.25, 0.3) is 0 Å². The van der Waals surface area contributed by atoms with Crippen molar-refractivity contribution in [3.8, 4) is 0 Å². The van der Waals surface area contributed by atoms with Gasteiger partial charge in [-0.3, -0.25) is 9.80 Å². The molecule has 0 aromatic rings. The van der Waals surface area contributed by atoms with Crippen LogP contribution in [0.4, 0.5) is 0 Å². The zero-order valence-corrected chi connectivity index (χ0v) is 6.75. The molecule has 1 unspecified atom stereocenters. The van der Waals surface area contributed by atoms with Gasteiger partial charge in [0.1, 0.15) is 6.23 Å². The second-order valence-corrected chi connectivity index (χ2v) is 3.02. The predicted molar refractivity (Wildman–Crippen MR) is 40.5 cm³/mol. The Morgan fingerprint density at radius 3 is 2.50 bits per heavy atom. The third-order valence-corrected chi connectivity index (χ3v) is 1.94. The van der Waals surface area contributed by atoms with Crippen molar-refractivity contribution < 1.29 is 5.11 Å². The van der Waals surface area contributed by atoms with E-state index in [1.807, 2.05) is 6.92 Å². The average Bonchev–Trinajstić information content (AvgIpc) is 1.88. The van der Waals surface area contributed by atoms with Crippen molar-refractivity contribution in [3.05, 3.63) is 0 Å². The fraction of sp³-hybridized carbons (Fsp3) is 1.00. The highest BCUT2D eigenvalue weighted by atomic mass is 16.3. The van der Waals surface area contributed by atoms with Gasteiger partial charge >= 0.3 is 0 Å². The summed E-state index contributed by atoms with van der Waals surface area (Å²) in [5.74, 6) is 0. The van der Waals surface area contributed by atoms with Crippen LogP contribution in [0.25, 0.3) is 0 Å². The van der Waals surface area contributed by atoms with Crippen LogP contribution in [0.5, 0.6) is 0 Å². The Morgan fingerprint density at radius 1 is 1.40 bits per heavy atom. The number of nitrogens with zero attached hydrogens (tertiary/aromatic N) is 2. The lowest BCUT2D eigenvalue weighted by Gasteiger charge is -2.34. The molecular weight excluding hydrogens is 128 g/mol. The van der Waals surface area contributed by atoms with Crippen LogP contribution in [0.3, 0.4) is 0 Å². The summed E-state index contributed by atoms with van der Waals surface area (Å²) in [6.45, 7) is 4.90. The summed E-state index contributed by atoms with van der Waals surface area (Å²) in [6, 6.07) is 0. The van der Waals surface area contributed by atoms with Gasteiger partial charge < -0.3 is 5.11 Å². The van der Waals surface area contributed by atoms with Crippen LogP contribution < -0.4 is 0 Å². The summed E-state index contributed by atoms with van der Waals surface area (Å²) in [5, 5.41) is 9.19.